The molecule has 144 valence electrons. The Labute approximate surface area is 160 Å². The lowest BCUT2D eigenvalue weighted by molar-refractivity contribution is 0.590. The lowest BCUT2D eigenvalue weighted by Crippen LogP contribution is -2.47. The van der Waals surface area contributed by atoms with Crippen molar-refractivity contribution in [1.82, 2.24) is 9.97 Å². The highest BCUT2D eigenvalue weighted by molar-refractivity contribution is 5.61. The number of anilines is 4. The highest BCUT2D eigenvalue weighted by Crippen LogP contribution is 2.25. The number of nitrogens with zero attached hydrogens (tertiary/aromatic N) is 4. The van der Waals surface area contributed by atoms with Crippen molar-refractivity contribution in [2.45, 2.75) is 0 Å². The number of piperazine rings is 1. The highest BCUT2D eigenvalue weighted by atomic mass is 19.1. The summed E-state index contributed by atoms with van der Waals surface area (Å²) >= 11 is 0. The molecule has 0 radical (unpaired) electrons. The van der Waals surface area contributed by atoms with E-state index in [4.69, 9.17) is 0 Å². The molecule has 2 heterocycles. The van der Waals surface area contributed by atoms with Gasteiger partial charge in [-0.05, 0) is 24.3 Å². The first-order valence-corrected chi connectivity index (χ1v) is 8.89. The van der Waals surface area contributed by atoms with Gasteiger partial charge in [0.1, 0.15) is 41.1 Å². The molecule has 8 heteroatoms. The lowest BCUT2D eigenvalue weighted by atomic mass is 10.2. The summed E-state index contributed by atoms with van der Waals surface area (Å²) in [6.07, 6.45) is 1.35. The van der Waals surface area contributed by atoms with Crippen LogP contribution in [0.3, 0.4) is 0 Å². The molecule has 28 heavy (non-hydrogen) atoms. The number of hydrogen-bond donors (Lipinski definition) is 1. The molecular formula is C20H18F3N5. The van der Waals surface area contributed by atoms with Crippen molar-refractivity contribution in [3.8, 4) is 0 Å². The summed E-state index contributed by atoms with van der Waals surface area (Å²) < 4.78 is 41.6. The van der Waals surface area contributed by atoms with Crippen LogP contribution >= 0.6 is 0 Å². The van der Waals surface area contributed by atoms with E-state index in [0.717, 1.165) is 0 Å². The van der Waals surface area contributed by atoms with E-state index >= 15 is 0 Å². The fraction of sp³-hybridized carbons (Fsp3) is 0.200. The van der Waals surface area contributed by atoms with E-state index in [0.29, 0.717) is 43.5 Å². The Morgan fingerprint density at radius 1 is 0.750 bits per heavy atom. The molecule has 0 amide bonds. The third kappa shape index (κ3) is 3.71. The smallest absolute Gasteiger partial charge is 0.149 e. The molecule has 0 atom stereocenters. The van der Waals surface area contributed by atoms with Crippen molar-refractivity contribution in [3.05, 3.63) is 72.3 Å². The fourth-order valence-electron chi connectivity index (χ4n) is 3.22. The van der Waals surface area contributed by atoms with Crippen molar-refractivity contribution in [1.29, 1.82) is 0 Å². The molecule has 1 aliphatic rings. The monoisotopic (exact) mass is 385 g/mol. The third-order valence-corrected chi connectivity index (χ3v) is 4.67. The lowest BCUT2D eigenvalue weighted by Gasteiger charge is -2.36. The number of rotatable bonds is 4. The average molecular weight is 385 g/mol. The maximum atomic E-state index is 14.0. The van der Waals surface area contributed by atoms with Crippen molar-refractivity contribution in [3.63, 3.8) is 0 Å². The Morgan fingerprint density at radius 2 is 1.39 bits per heavy atom. The minimum absolute atomic E-state index is 0.239. The van der Waals surface area contributed by atoms with Gasteiger partial charge in [-0.1, -0.05) is 18.2 Å². The summed E-state index contributed by atoms with van der Waals surface area (Å²) in [7, 11) is 0. The first-order valence-electron chi connectivity index (χ1n) is 8.89. The predicted molar refractivity (Wildman–Crippen MR) is 102 cm³/mol. The molecule has 4 rings (SSSR count). The second-order valence-electron chi connectivity index (χ2n) is 6.41. The van der Waals surface area contributed by atoms with Crippen LogP contribution in [-0.4, -0.2) is 36.1 Å². The quantitative estimate of drug-likeness (QED) is 0.736. The van der Waals surface area contributed by atoms with E-state index < -0.39 is 11.6 Å². The molecule has 1 saturated heterocycles. The molecule has 5 nitrogen and oxygen atoms in total. The zero-order valence-corrected chi connectivity index (χ0v) is 14.9. The zero-order valence-electron chi connectivity index (χ0n) is 14.9. The van der Waals surface area contributed by atoms with Crippen molar-refractivity contribution in [2.24, 2.45) is 0 Å². The summed E-state index contributed by atoms with van der Waals surface area (Å²) in [6, 6.07) is 12.0. The minimum Gasteiger partial charge on any atom is -0.366 e. The SMILES string of the molecule is Fc1ccccc1N1CCN(c2cc(Nc3c(F)cccc3F)ncn2)CC1. The molecule has 1 aliphatic heterocycles. The number of aromatic nitrogens is 2. The van der Waals surface area contributed by atoms with Crippen LogP contribution in [0.1, 0.15) is 0 Å². The molecule has 1 N–H and O–H groups in total. The molecule has 1 aromatic heterocycles. The van der Waals surface area contributed by atoms with E-state index in [1.807, 2.05) is 15.9 Å². The summed E-state index contributed by atoms with van der Waals surface area (Å²) in [5, 5.41) is 2.67. The predicted octanol–water partition coefficient (Wildman–Crippen LogP) is 3.96. The zero-order chi connectivity index (χ0) is 19.5. The fourth-order valence-corrected chi connectivity index (χ4v) is 3.22. The Morgan fingerprint density at radius 3 is 2.11 bits per heavy atom. The van der Waals surface area contributed by atoms with E-state index in [2.05, 4.69) is 15.3 Å². The van der Waals surface area contributed by atoms with Gasteiger partial charge < -0.3 is 15.1 Å². The maximum Gasteiger partial charge on any atom is 0.149 e. The number of halogens is 3. The molecule has 1 fully saturated rings. The van der Waals surface area contributed by atoms with Crippen LogP contribution in [-0.2, 0) is 0 Å². The van der Waals surface area contributed by atoms with Crippen molar-refractivity contribution < 1.29 is 13.2 Å². The first kappa shape index (κ1) is 18.1. The van der Waals surface area contributed by atoms with E-state index in [-0.39, 0.29) is 11.5 Å². The summed E-state index contributed by atoms with van der Waals surface area (Å²) in [5.41, 5.74) is 0.332. The molecule has 0 bridgehead atoms. The Hall–Kier alpha value is -3.29. The van der Waals surface area contributed by atoms with Gasteiger partial charge in [-0.2, -0.15) is 0 Å². The van der Waals surface area contributed by atoms with Gasteiger partial charge in [0, 0.05) is 32.2 Å². The number of para-hydroxylation sites is 2. The molecule has 0 spiro atoms. The summed E-state index contributed by atoms with van der Waals surface area (Å²) in [5.74, 6) is -0.693. The second-order valence-corrected chi connectivity index (χ2v) is 6.41. The van der Waals surface area contributed by atoms with Gasteiger partial charge in [-0.15, -0.1) is 0 Å². The van der Waals surface area contributed by atoms with Crippen LogP contribution in [0, 0.1) is 17.5 Å². The largest absolute Gasteiger partial charge is 0.366 e. The molecule has 2 aromatic carbocycles. The van der Waals surface area contributed by atoms with Gasteiger partial charge in [0.15, 0.2) is 0 Å². The van der Waals surface area contributed by atoms with E-state index in [9.17, 15) is 13.2 Å². The van der Waals surface area contributed by atoms with Crippen LogP contribution in [0.25, 0.3) is 0 Å². The molecule has 0 saturated carbocycles. The summed E-state index contributed by atoms with van der Waals surface area (Å²) in [6.45, 7) is 2.54. The van der Waals surface area contributed by atoms with Gasteiger partial charge in [0.05, 0.1) is 5.69 Å². The Bertz CT molecular complexity index is 953. The topological polar surface area (TPSA) is 44.3 Å². The van der Waals surface area contributed by atoms with Gasteiger partial charge in [-0.3, -0.25) is 0 Å². The van der Waals surface area contributed by atoms with Crippen LogP contribution in [0.15, 0.2) is 54.9 Å². The average Bonchev–Trinajstić information content (AvgIpc) is 2.72. The number of nitrogens with one attached hydrogen (secondary N) is 1. The van der Waals surface area contributed by atoms with Crippen LogP contribution in [0.4, 0.5) is 36.2 Å². The third-order valence-electron chi connectivity index (χ3n) is 4.67. The van der Waals surface area contributed by atoms with Crippen molar-refractivity contribution in [2.75, 3.05) is 41.3 Å². The minimum atomic E-state index is -0.696. The van der Waals surface area contributed by atoms with E-state index in [1.54, 1.807) is 18.2 Å². The normalized spacial score (nSPS) is 14.2. The van der Waals surface area contributed by atoms with Crippen LogP contribution < -0.4 is 15.1 Å². The Kier molecular flexibility index (Phi) is 5.01. The van der Waals surface area contributed by atoms with Gasteiger partial charge in [0.25, 0.3) is 0 Å². The molecular weight excluding hydrogens is 367 g/mol. The Balaban J connectivity index is 1.46. The second kappa shape index (κ2) is 7.75. The first-order chi connectivity index (χ1) is 13.6. The maximum absolute atomic E-state index is 14.0. The van der Waals surface area contributed by atoms with Gasteiger partial charge in [-0.25, -0.2) is 23.1 Å². The van der Waals surface area contributed by atoms with Crippen molar-refractivity contribution >= 4 is 23.0 Å². The summed E-state index contributed by atoms with van der Waals surface area (Å²) in [4.78, 5) is 12.3. The van der Waals surface area contributed by atoms with Gasteiger partial charge in [0.2, 0.25) is 0 Å². The molecule has 0 unspecified atom stereocenters. The number of hydrogen-bond acceptors (Lipinski definition) is 5. The number of benzene rings is 2. The standard InChI is InChI=1S/C20H18F3N5/c21-14-4-1-2-7-17(14)27-8-10-28(11-9-27)19-12-18(24-13-25-19)26-20-15(22)5-3-6-16(20)23/h1-7,12-13H,8-11H2,(H,24,25,26). The van der Waals surface area contributed by atoms with Gasteiger partial charge >= 0.3 is 0 Å². The highest BCUT2D eigenvalue weighted by Gasteiger charge is 2.20. The van der Waals surface area contributed by atoms with Crippen LogP contribution in [0.5, 0.6) is 0 Å². The molecule has 3 aromatic rings. The van der Waals surface area contributed by atoms with E-state index in [1.165, 1.54) is 30.6 Å². The molecule has 0 aliphatic carbocycles. The van der Waals surface area contributed by atoms with Crippen LogP contribution in [0.2, 0.25) is 0 Å².